The fourth-order valence-corrected chi connectivity index (χ4v) is 4.82. The van der Waals surface area contributed by atoms with Crippen molar-refractivity contribution in [1.29, 1.82) is 0 Å². The second kappa shape index (κ2) is 7.27. The second-order valence-electron chi connectivity index (χ2n) is 7.18. The van der Waals surface area contributed by atoms with Crippen molar-refractivity contribution in [2.24, 2.45) is 0 Å². The molecule has 1 aliphatic rings. The van der Waals surface area contributed by atoms with Crippen molar-refractivity contribution in [3.05, 3.63) is 52.6 Å². The first kappa shape index (κ1) is 18.5. The fraction of sp³-hybridized carbons (Fsp3) is 0.350. The van der Waals surface area contributed by atoms with Gasteiger partial charge < -0.3 is 9.80 Å². The van der Waals surface area contributed by atoms with Gasteiger partial charge in [-0.3, -0.25) is 14.6 Å². The Bertz CT molecular complexity index is 1040. The van der Waals surface area contributed by atoms with E-state index in [9.17, 15) is 9.59 Å². The Hall–Kier alpha value is -2.87. The van der Waals surface area contributed by atoms with Gasteiger partial charge in [0.2, 0.25) is 0 Å². The Balaban J connectivity index is 1.66. The van der Waals surface area contributed by atoms with Crippen molar-refractivity contribution in [3.63, 3.8) is 0 Å². The molecule has 0 saturated carbocycles. The molecule has 0 N–H and O–H groups in total. The minimum absolute atomic E-state index is 0.0211. The summed E-state index contributed by atoms with van der Waals surface area (Å²) in [4.78, 5) is 43.4. The van der Waals surface area contributed by atoms with Crippen LogP contribution < -0.4 is 0 Å². The lowest BCUT2D eigenvalue weighted by molar-refractivity contribution is 0.0784. The van der Waals surface area contributed by atoms with Gasteiger partial charge in [0, 0.05) is 50.9 Å². The van der Waals surface area contributed by atoms with E-state index in [1.54, 1.807) is 36.3 Å². The zero-order valence-corrected chi connectivity index (χ0v) is 16.9. The van der Waals surface area contributed by atoms with E-state index < -0.39 is 0 Å². The number of nitrogens with zero attached hydrogens (tertiary/aromatic N) is 5. The van der Waals surface area contributed by atoms with Crippen LogP contribution in [0.5, 0.6) is 0 Å². The highest BCUT2D eigenvalue weighted by Crippen LogP contribution is 2.40. The molecule has 1 aliphatic heterocycles. The lowest BCUT2D eigenvalue weighted by Gasteiger charge is -2.17. The lowest BCUT2D eigenvalue weighted by atomic mass is 9.95. The summed E-state index contributed by atoms with van der Waals surface area (Å²) in [7, 11) is 3.51. The molecule has 28 heavy (non-hydrogen) atoms. The molecule has 1 unspecified atom stereocenters. The number of pyridine rings is 1. The molecule has 7 nitrogen and oxygen atoms in total. The van der Waals surface area contributed by atoms with Crippen molar-refractivity contribution in [2.45, 2.75) is 19.3 Å². The molecule has 4 heterocycles. The van der Waals surface area contributed by atoms with Crippen molar-refractivity contribution in [3.8, 4) is 0 Å². The van der Waals surface area contributed by atoms with E-state index in [0.29, 0.717) is 23.7 Å². The molecule has 0 aromatic carbocycles. The Kier molecular flexibility index (Phi) is 4.80. The summed E-state index contributed by atoms with van der Waals surface area (Å²) in [6.07, 6.45) is 5.68. The van der Waals surface area contributed by atoms with Crippen molar-refractivity contribution >= 4 is 33.4 Å². The largest absolute Gasteiger partial charge is 0.344 e. The second-order valence-corrected chi connectivity index (χ2v) is 8.18. The van der Waals surface area contributed by atoms with E-state index in [1.165, 1.54) is 17.5 Å². The highest BCUT2D eigenvalue weighted by atomic mass is 32.1. The number of likely N-dealkylation sites (tertiary alicyclic amines) is 1. The van der Waals surface area contributed by atoms with Gasteiger partial charge in [0.25, 0.3) is 11.8 Å². The van der Waals surface area contributed by atoms with E-state index >= 15 is 0 Å². The molecular formula is C20H21N5O2S. The molecule has 3 aromatic heterocycles. The molecule has 0 aliphatic carbocycles. The summed E-state index contributed by atoms with van der Waals surface area (Å²) in [5.74, 6) is -0.0421. The number of hydrogen-bond donors (Lipinski definition) is 0. The van der Waals surface area contributed by atoms with Crippen molar-refractivity contribution in [1.82, 2.24) is 24.8 Å². The van der Waals surface area contributed by atoms with Crippen molar-refractivity contribution in [2.75, 3.05) is 27.2 Å². The maximum Gasteiger partial charge on any atom is 0.274 e. The average molecular weight is 395 g/mol. The smallest absolute Gasteiger partial charge is 0.274 e. The van der Waals surface area contributed by atoms with Crippen LogP contribution in [0.25, 0.3) is 10.2 Å². The van der Waals surface area contributed by atoms with E-state index in [0.717, 1.165) is 27.9 Å². The molecule has 8 heteroatoms. The number of carbonyl (C=O) groups is 2. The average Bonchev–Trinajstić information content (AvgIpc) is 3.31. The number of rotatable bonds is 3. The number of thiophene rings is 1. The third kappa shape index (κ3) is 3.24. The van der Waals surface area contributed by atoms with Gasteiger partial charge in [-0.1, -0.05) is 6.07 Å². The summed E-state index contributed by atoms with van der Waals surface area (Å²) in [5.41, 5.74) is 2.14. The summed E-state index contributed by atoms with van der Waals surface area (Å²) < 4.78 is 0. The predicted molar refractivity (Wildman–Crippen MR) is 108 cm³/mol. The van der Waals surface area contributed by atoms with Gasteiger partial charge in [0.05, 0.1) is 16.8 Å². The summed E-state index contributed by atoms with van der Waals surface area (Å²) in [6.45, 7) is 3.03. The first-order chi connectivity index (χ1) is 13.5. The minimum atomic E-state index is -0.117. The third-order valence-corrected chi connectivity index (χ3v) is 6.11. The molecule has 4 rings (SSSR count). The molecule has 1 atom stereocenters. The van der Waals surface area contributed by atoms with Crippen LogP contribution in [0.2, 0.25) is 0 Å². The first-order valence-corrected chi connectivity index (χ1v) is 9.94. The van der Waals surface area contributed by atoms with Gasteiger partial charge in [0.1, 0.15) is 10.5 Å². The lowest BCUT2D eigenvalue weighted by Crippen LogP contribution is -2.29. The first-order valence-electron chi connectivity index (χ1n) is 9.12. The molecule has 0 bridgehead atoms. The maximum atomic E-state index is 12.8. The van der Waals surface area contributed by atoms with Crippen LogP contribution in [-0.4, -0.2) is 63.8 Å². The molecule has 0 spiro atoms. The topological polar surface area (TPSA) is 79.3 Å². The molecule has 0 radical (unpaired) electrons. The van der Waals surface area contributed by atoms with Crippen molar-refractivity contribution < 1.29 is 9.59 Å². The van der Waals surface area contributed by atoms with Crippen LogP contribution in [0.3, 0.4) is 0 Å². The quantitative estimate of drug-likeness (QED) is 0.681. The van der Waals surface area contributed by atoms with Gasteiger partial charge in [-0.05, 0) is 25.0 Å². The number of hydrogen-bond acceptors (Lipinski definition) is 6. The monoisotopic (exact) mass is 395 g/mol. The zero-order chi connectivity index (χ0) is 19.8. The summed E-state index contributed by atoms with van der Waals surface area (Å²) in [5, 5.41) is 1.01. The van der Waals surface area contributed by atoms with Crippen LogP contribution >= 0.6 is 11.3 Å². The highest BCUT2D eigenvalue weighted by Gasteiger charge is 2.33. The van der Waals surface area contributed by atoms with Gasteiger partial charge >= 0.3 is 0 Å². The predicted octanol–water partition coefficient (Wildman–Crippen LogP) is 2.73. The van der Waals surface area contributed by atoms with Crippen LogP contribution in [0.4, 0.5) is 0 Å². The SMILES string of the molecule is Cc1cnc(C(=O)N2CCC(c3c(C(=O)N(C)C)sc4ncccc34)C2)cn1. The number of fused-ring (bicyclic) bond motifs is 1. The van der Waals surface area contributed by atoms with Crippen LogP contribution in [0, 0.1) is 6.92 Å². The number of carbonyl (C=O) groups excluding carboxylic acids is 2. The van der Waals surface area contributed by atoms with Crippen LogP contribution in [0.1, 0.15) is 43.8 Å². The minimum Gasteiger partial charge on any atom is -0.344 e. The van der Waals surface area contributed by atoms with Crippen LogP contribution in [-0.2, 0) is 0 Å². The number of aromatic nitrogens is 3. The van der Waals surface area contributed by atoms with Gasteiger partial charge in [-0.15, -0.1) is 11.3 Å². The van der Waals surface area contributed by atoms with E-state index in [2.05, 4.69) is 15.0 Å². The van der Waals surface area contributed by atoms with Gasteiger partial charge in [-0.25, -0.2) is 9.97 Å². The van der Waals surface area contributed by atoms with Crippen LogP contribution in [0.15, 0.2) is 30.7 Å². The normalized spacial score (nSPS) is 16.5. The van der Waals surface area contributed by atoms with Gasteiger partial charge in [0.15, 0.2) is 0 Å². The Morgan fingerprint density at radius 3 is 2.75 bits per heavy atom. The number of aryl methyl sites for hydroxylation is 1. The molecule has 1 saturated heterocycles. The van der Waals surface area contributed by atoms with E-state index in [-0.39, 0.29) is 17.7 Å². The molecule has 2 amide bonds. The zero-order valence-electron chi connectivity index (χ0n) is 16.0. The van der Waals surface area contributed by atoms with E-state index in [1.807, 2.05) is 19.1 Å². The maximum absolute atomic E-state index is 12.8. The Morgan fingerprint density at radius 2 is 2.04 bits per heavy atom. The molecule has 3 aromatic rings. The number of amides is 2. The Labute approximate surface area is 167 Å². The summed E-state index contributed by atoms with van der Waals surface area (Å²) >= 11 is 1.43. The standard InChI is InChI=1S/C20H21N5O2S/c1-12-9-23-15(10-22-12)19(26)25-8-6-13(11-25)16-14-5-4-7-21-18(14)28-17(16)20(27)24(2)3/h4-5,7,9-10,13H,6,8,11H2,1-3H3. The molecule has 144 valence electrons. The van der Waals surface area contributed by atoms with E-state index in [4.69, 9.17) is 0 Å². The molecule has 1 fully saturated rings. The fourth-order valence-electron chi connectivity index (χ4n) is 3.56. The van der Waals surface area contributed by atoms with Gasteiger partial charge in [-0.2, -0.15) is 0 Å². The highest BCUT2D eigenvalue weighted by molar-refractivity contribution is 7.20. The summed E-state index contributed by atoms with van der Waals surface area (Å²) in [6, 6.07) is 3.90. The Morgan fingerprint density at radius 1 is 1.21 bits per heavy atom. The molecular weight excluding hydrogens is 374 g/mol. The third-order valence-electron chi connectivity index (χ3n) is 4.99.